The van der Waals surface area contributed by atoms with Crippen LogP contribution in [0.1, 0.15) is 59.8 Å². The molecule has 0 saturated carbocycles. The Morgan fingerprint density at radius 1 is 0.844 bits per heavy atom. The number of hydrogen-bond acceptors (Lipinski definition) is 7. The maximum atomic E-state index is 13.3. The summed E-state index contributed by atoms with van der Waals surface area (Å²) in [5.74, 6) is 2.18. The lowest BCUT2D eigenvalue weighted by Gasteiger charge is -2.27. The standard InChI is InChI=1S/C24H44O5S3/c1-14(2)24-21(29-7)13-18(32(24,25)26)11-16(4)23-20(28-6)12-17(31-23)10-15(3)22-19(27-5)8-9-30-22/h14-24H,8-13H2,1-7H3/t15?,16?,17?,18?,19-,20+,21-,22-,23+,24-/m0/s1. The van der Waals surface area contributed by atoms with E-state index in [1.165, 1.54) is 12.2 Å². The molecule has 3 rings (SSSR count). The molecule has 0 bridgehead atoms. The molecule has 0 aromatic heterocycles. The Hall–Kier alpha value is 0.530. The first-order valence-corrected chi connectivity index (χ1v) is 15.8. The zero-order chi connectivity index (χ0) is 23.6. The van der Waals surface area contributed by atoms with E-state index in [9.17, 15) is 8.42 Å². The SMILES string of the molecule is CO[C@H]1CCS[C@H]1C(C)CC1C[C@@H](OC)[C@@H](C(C)CC2C[C@H](OC)[C@H](C(C)C)S2(=O)=O)S1. The number of thioether (sulfide) groups is 2. The van der Waals surface area contributed by atoms with Gasteiger partial charge < -0.3 is 14.2 Å². The van der Waals surface area contributed by atoms with Gasteiger partial charge >= 0.3 is 0 Å². The van der Waals surface area contributed by atoms with Gasteiger partial charge in [0.15, 0.2) is 9.84 Å². The van der Waals surface area contributed by atoms with Crippen molar-refractivity contribution in [1.82, 2.24) is 0 Å². The largest absolute Gasteiger partial charge is 0.380 e. The quantitative estimate of drug-likeness (QED) is 0.425. The molecule has 10 atom stereocenters. The van der Waals surface area contributed by atoms with Gasteiger partial charge in [0, 0.05) is 37.1 Å². The van der Waals surface area contributed by atoms with E-state index in [1.54, 1.807) is 7.11 Å². The Bertz CT molecular complexity index is 700. The van der Waals surface area contributed by atoms with Gasteiger partial charge in [-0.3, -0.25) is 0 Å². The number of sulfone groups is 1. The van der Waals surface area contributed by atoms with E-state index < -0.39 is 9.84 Å². The van der Waals surface area contributed by atoms with Crippen LogP contribution in [0.4, 0.5) is 0 Å². The first-order chi connectivity index (χ1) is 15.1. The molecular formula is C24H44O5S3. The summed E-state index contributed by atoms with van der Waals surface area (Å²) in [6, 6.07) is 0. The minimum Gasteiger partial charge on any atom is -0.380 e. The highest BCUT2D eigenvalue weighted by molar-refractivity contribution is 8.01. The van der Waals surface area contributed by atoms with Crippen molar-refractivity contribution in [2.75, 3.05) is 27.1 Å². The Balaban J connectivity index is 1.62. The van der Waals surface area contributed by atoms with Gasteiger partial charge in [-0.05, 0) is 55.6 Å². The van der Waals surface area contributed by atoms with Crippen molar-refractivity contribution in [3.8, 4) is 0 Å². The molecule has 0 amide bonds. The molecule has 4 unspecified atom stereocenters. The fourth-order valence-electron chi connectivity index (χ4n) is 6.34. The topological polar surface area (TPSA) is 61.8 Å². The molecule has 0 aliphatic carbocycles. The van der Waals surface area contributed by atoms with Crippen LogP contribution >= 0.6 is 23.5 Å². The highest BCUT2D eigenvalue weighted by Crippen LogP contribution is 2.47. The molecule has 3 aliphatic heterocycles. The fourth-order valence-corrected chi connectivity index (χ4v) is 12.7. The van der Waals surface area contributed by atoms with Crippen molar-refractivity contribution in [3.05, 3.63) is 0 Å². The molecule has 188 valence electrons. The lowest BCUT2D eigenvalue weighted by Crippen LogP contribution is -2.35. The predicted octanol–water partition coefficient (Wildman–Crippen LogP) is 4.68. The number of methoxy groups -OCH3 is 3. The molecule has 3 aliphatic rings. The zero-order valence-electron chi connectivity index (χ0n) is 20.9. The van der Waals surface area contributed by atoms with Gasteiger partial charge in [0.05, 0.1) is 28.8 Å². The van der Waals surface area contributed by atoms with E-state index in [4.69, 9.17) is 14.2 Å². The number of hydrogen-bond donors (Lipinski definition) is 0. The summed E-state index contributed by atoms with van der Waals surface area (Å²) < 4.78 is 43.8. The molecule has 3 fully saturated rings. The Kier molecular flexibility index (Phi) is 9.76. The smallest absolute Gasteiger partial charge is 0.158 e. The van der Waals surface area contributed by atoms with Crippen molar-refractivity contribution >= 4 is 33.4 Å². The second kappa shape index (κ2) is 11.5. The second-order valence-electron chi connectivity index (χ2n) is 10.5. The van der Waals surface area contributed by atoms with E-state index in [0.717, 1.165) is 12.8 Å². The lowest BCUT2D eigenvalue weighted by molar-refractivity contribution is 0.0792. The van der Waals surface area contributed by atoms with Crippen molar-refractivity contribution in [1.29, 1.82) is 0 Å². The zero-order valence-corrected chi connectivity index (χ0v) is 23.3. The molecule has 0 N–H and O–H groups in total. The third-order valence-electron chi connectivity index (χ3n) is 7.95. The molecule has 0 aromatic carbocycles. The van der Waals surface area contributed by atoms with E-state index in [0.29, 0.717) is 46.5 Å². The highest BCUT2D eigenvalue weighted by Gasteiger charge is 2.51. The van der Waals surface area contributed by atoms with Gasteiger partial charge in [-0.25, -0.2) is 8.42 Å². The number of rotatable bonds is 10. The first kappa shape index (κ1) is 27.1. The summed E-state index contributed by atoms with van der Waals surface area (Å²) in [6.45, 7) is 8.59. The van der Waals surface area contributed by atoms with Gasteiger partial charge in [-0.1, -0.05) is 27.7 Å². The summed E-state index contributed by atoms with van der Waals surface area (Å²) in [7, 11) is 2.12. The average molecular weight is 509 g/mol. The third-order valence-corrected chi connectivity index (χ3v) is 14.3. The van der Waals surface area contributed by atoms with E-state index >= 15 is 0 Å². The van der Waals surface area contributed by atoms with Gasteiger partial charge in [0.25, 0.3) is 0 Å². The van der Waals surface area contributed by atoms with Crippen LogP contribution in [0.2, 0.25) is 0 Å². The predicted molar refractivity (Wildman–Crippen MR) is 137 cm³/mol. The maximum absolute atomic E-state index is 13.3. The molecule has 3 heterocycles. The molecule has 32 heavy (non-hydrogen) atoms. The summed E-state index contributed by atoms with van der Waals surface area (Å²) in [6.07, 6.45) is 5.11. The molecular weight excluding hydrogens is 464 g/mol. The van der Waals surface area contributed by atoms with Gasteiger partial charge in [0.2, 0.25) is 0 Å². The van der Waals surface area contributed by atoms with Crippen LogP contribution < -0.4 is 0 Å². The molecule has 5 nitrogen and oxygen atoms in total. The molecule has 0 spiro atoms. The van der Waals surface area contributed by atoms with Crippen molar-refractivity contribution in [2.45, 2.75) is 104 Å². The van der Waals surface area contributed by atoms with Crippen LogP contribution in [0.25, 0.3) is 0 Å². The molecule has 0 radical (unpaired) electrons. The molecule has 8 heteroatoms. The van der Waals surface area contributed by atoms with Crippen molar-refractivity contribution in [3.63, 3.8) is 0 Å². The minimum atomic E-state index is -3.18. The van der Waals surface area contributed by atoms with E-state index in [1.807, 2.05) is 39.8 Å². The fraction of sp³-hybridized carbons (Fsp3) is 1.00. The van der Waals surface area contributed by atoms with Crippen molar-refractivity contribution < 1.29 is 22.6 Å². The lowest BCUT2D eigenvalue weighted by atomic mass is 9.91. The Morgan fingerprint density at radius 3 is 2.03 bits per heavy atom. The summed E-state index contributed by atoms with van der Waals surface area (Å²) >= 11 is 4.11. The van der Waals surface area contributed by atoms with Crippen LogP contribution in [-0.2, 0) is 24.0 Å². The summed E-state index contributed by atoms with van der Waals surface area (Å²) in [4.78, 5) is 0. The van der Waals surface area contributed by atoms with E-state index in [-0.39, 0.29) is 28.6 Å². The van der Waals surface area contributed by atoms with Gasteiger partial charge in [-0.2, -0.15) is 23.5 Å². The monoisotopic (exact) mass is 508 g/mol. The average Bonchev–Trinajstić information content (AvgIpc) is 3.43. The minimum absolute atomic E-state index is 0.0769. The first-order valence-electron chi connectivity index (χ1n) is 12.2. The summed E-state index contributed by atoms with van der Waals surface area (Å²) in [5.41, 5.74) is 0. The van der Waals surface area contributed by atoms with Gasteiger partial charge in [-0.15, -0.1) is 0 Å². The van der Waals surface area contributed by atoms with Crippen LogP contribution in [0.3, 0.4) is 0 Å². The van der Waals surface area contributed by atoms with E-state index in [2.05, 4.69) is 25.6 Å². The van der Waals surface area contributed by atoms with Gasteiger partial charge in [0.1, 0.15) is 0 Å². The Labute approximate surface area is 204 Å². The highest BCUT2D eigenvalue weighted by atomic mass is 32.2. The normalized spacial score (nSPS) is 41.4. The Morgan fingerprint density at radius 2 is 1.47 bits per heavy atom. The molecule has 3 saturated heterocycles. The van der Waals surface area contributed by atoms with Crippen LogP contribution in [0.15, 0.2) is 0 Å². The number of ether oxygens (including phenoxy) is 3. The second-order valence-corrected chi connectivity index (χ2v) is 15.6. The summed E-state index contributed by atoms with van der Waals surface area (Å²) in [5, 5.41) is 0.812. The van der Waals surface area contributed by atoms with Crippen LogP contribution in [0.5, 0.6) is 0 Å². The van der Waals surface area contributed by atoms with Crippen LogP contribution in [0, 0.1) is 17.8 Å². The third kappa shape index (κ3) is 5.67. The van der Waals surface area contributed by atoms with Crippen LogP contribution in [-0.4, -0.2) is 80.1 Å². The molecule has 0 aromatic rings. The maximum Gasteiger partial charge on any atom is 0.158 e. The van der Waals surface area contributed by atoms with Crippen molar-refractivity contribution in [2.24, 2.45) is 17.8 Å².